The number of nitrogens with one attached hydrogen (secondary N) is 2. The third-order valence-corrected chi connectivity index (χ3v) is 4.45. The van der Waals surface area contributed by atoms with E-state index in [2.05, 4.69) is 16.0 Å². The van der Waals surface area contributed by atoms with Crippen LogP contribution in [0, 0.1) is 12.3 Å². The average Bonchev–Trinajstić information content (AvgIpc) is 2.56. The Hall–Kier alpha value is -1.92. The summed E-state index contributed by atoms with van der Waals surface area (Å²) in [5.74, 6) is 1.73. The van der Waals surface area contributed by atoms with Crippen molar-refractivity contribution >= 4 is 15.9 Å². The van der Waals surface area contributed by atoms with Gasteiger partial charge < -0.3 is 14.8 Å². The number of amides is 1. The maximum absolute atomic E-state index is 12.3. The van der Waals surface area contributed by atoms with Gasteiger partial charge in [-0.3, -0.25) is 4.79 Å². The third kappa shape index (κ3) is 6.00. The molecule has 1 rings (SSSR count). The zero-order chi connectivity index (χ0) is 17.3. The molecule has 0 spiro atoms. The highest BCUT2D eigenvalue weighted by Crippen LogP contribution is 2.09. The smallest absolute Gasteiger partial charge is 0.241 e. The molecule has 1 amide bonds. The zero-order valence-electron chi connectivity index (χ0n) is 13.0. The van der Waals surface area contributed by atoms with Gasteiger partial charge >= 0.3 is 0 Å². The van der Waals surface area contributed by atoms with E-state index in [0.717, 1.165) is 0 Å². The first kappa shape index (κ1) is 19.1. The Morgan fingerprint density at radius 2 is 1.87 bits per heavy atom. The lowest BCUT2D eigenvalue weighted by Crippen LogP contribution is -2.48. The van der Waals surface area contributed by atoms with Crippen LogP contribution in [-0.2, 0) is 24.3 Å². The van der Waals surface area contributed by atoms with Crippen molar-refractivity contribution in [2.75, 3.05) is 20.8 Å². The maximum atomic E-state index is 12.3. The Labute approximate surface area is 136 Å². The van der Waals surface area contributed by atoms with Crippen LogP contribution in [0.5, 0.6) is 0 Å². The lowest BCUT2D eigenvalue weighted by molar-refractivity contribution is -0.128. The van der Waals surface area contributed by atoms with Crippen molar-refractivity contribution in [1.29, 1.82) is 0 Å². The van der Waals surface area contributed by atoms with Gasteiger partial charge in [0.1, 0.15) is 6.04 Å². The number of methoxy groups -OCH3 is 2. The quantitative estimate of drug-likeness (QED) is 0.491. The summed E-state index contributed by atoms with van der Waals surface area (Å²) in [6, 6.07) is 6.65. The minimum absolute atomic E-state index is 0.0569. The molecule has 23 heavy (non-hydrogen) atoms. The van der Waals surface area contributed by atoms with Crippen LogP contribution < -0.4 is 10.0 Å². The molecule has 1 aromatic carbocycles. The molecular weight excluding hydrogens is 320 g/mol. The number of terminal acetylenes is 1. The van der Waals surface area contributed by atoms with Gasteiger partial charge in [-0.1, -0.05) is 18.2 Å². The normalized spacial score (nSPS) is 12.6. The van der Waals surface area contributed by atoms with Crippen LogP contribution in [0.25, 0.3) is 0 Å². The van der Waals surface area contributed by atoms with Crippen LogP contribution in [0.4, 0.5) is 0 Å². The number of hydrogen-bond donors (Lipinski definition) is 2. The first-order valence-corrected chi connectivity index (χ1v) is 8.27. The number of hydrogen-bond acceptors (Lipinski definition) is 5. The zero-order valence-corrected chi connectivity index (χ0v) is 13.8. The molecule has 0 saturated carbocycles. The Morgan fingerprint density at radius 1 is 1.26 bits per heavy atom. The summed E-state index contributed by atoms with van der Waals surface area (Å²) in [5.41, 5.74) is 0. The predicted octanol–water partition coefficient (Wildman–Crippen LogP) is 0.0919. The van der Waals surface area contributed by atoms with Crippen LogP contribution in [0.2, 0.25) is 0 Å². The summed E-state index contributed by atoms with van der Waals surface area (Å²) < 4.78 is 36.7. The molecule has 8 heteroatoms. The molecule has 1 aromatic rings. The van der Waals surface area contributed by atoms with Gasteiger partial charge in [-0.25, -0.2) is 8.42 Å². The molecule has 0 radical (unpaired) electrons. The maximum Gasteiger partial charge on any atom is 0.241 e. The molecule has 0 aliphatic heterocycles. The SMILES string of the molecule is C#CC[C@@H](NS(=O)(=O)c1ccccc1)C(=O)NCC(OC)OC. The standard InChI is InChI=1S/C15H20N2O5S/c1-4-8-13(15(18)16-11-14(21-2)22-3)17-23(19,20)12-9-6-5-7-10-12/h1,5-7,9-10,13-14,17H,8,11H2,2-3H3,(H,16,18)/t13-/m1/s1. The van der Waals surface area contributed by atoms with Gasteiger partial charge in [-0.15, -0.1) is 12.3 Å². The summed E-state index contributed by atoms with van der Waals surface area (Å²) in [7, 11) is -0.989. The van der Waals surface area contributed by atoms with Gasteiger partial charge in [0.2, 0.25) is 15.9 Å². The largest absolute Gasteiger partial charge is 0.354 e. The van der Waals surface area contributed by atoms with Crippen molar-refractivity contribution in [1.82, 2.24) is 10.0 Å². The van der Waals surface area contributed by atoms with Crippen molar-refractivity contribution in [3.8, 4) is 12.3 Å². The second-order valence-electron chi connectivity index (χ2n) is 4.54. The Morgan fingerprint density at radius 3 is 2.39 bits per heavy atom. The minimum atomic E-state index is -3.85. The number of ether oxygens (including phenoxy) is 2. The van der Waals surface area contributed by atoms with Gasteiger partial charge in [0.05, 0.1) is 11.4 Å². The van der Waals surface area contributed by atoms with Crippen LogP contribution in [0.15, 0.2) is 35.2 Å². The molecule has 0 aromatic heterocycles. The highest BCUT2D eigenvalue weighted by atomic mass is 32.2. The second-order valence-corrected chi connectivity index (χ2v) is 6.26. The molecule has 0 bridgehead atoms. The molecule has 0 heterocycles. The van der Waals surface area contributed by atoms with E-state index in [0.29, 0.717) is 0 Å². The molecule has 0 fully saturated rings. The Bertz CT molecular complexity index is 636. The van der Waals surface area contributed by atoms with Crippen LogP contribution in [0.1, 0.15) is 6.42 Å². The fraction of sp³-hybridized carbons (Fsp3) is 0.400. The Kier molecular flexibility index (Phi) is 7.71. The second kappa shape index (κ2) is 9.27. The van der Waals surface area contributed by atoms with E-state index in [4.69, 9.17) is 15.9 Å². The molecule has 0 unspecified atom stereocenters. The van der Waals surface area contributed by atoms with E-state index in [1.807, 2.05) is 0 Å². The van der Waals surface area contributed by atoms with Gasteiger partial charge in [0.15, 0.2) is 6.29 Å². The topological polar surface area (TPSA) is 93.7 Å². The van der Waals surface area contributed by atoms with Crippen LogP contribution >= 0.6 is 0 Å². The van der Waals surface area contributed by atoms with E-state index in [9.17, 15) is 13.2 Å². The van der Waals surface area contributed by atoms with Crippen molar-refractivity contribution in [3.05, 3.63) is 30.3 Å². The minimum Gasteiger partial charge on any atom is -0.354 e. The van der Waals surface area contributed by atoms with Gasteiger partial charge in [-0.05, 0) is 12.1 Å². The van der Waals surface area contributed by atoms with Crippen molar-refractivity contribution in [3.63, 3.8) is 0 Å². The Balaban J connectivity index is 2.79. The van der Waals surface area contributed by atoms with E-state index < -0.39 is 28.3 Å². The monoisotopic (exact) mass is 340 g/mol. The van der Waals surface area contributed by atoms with Gasteiger partial charge in [-0.2, -0.15) is 4.72 Å². The summed E-state index contributed by atoms with van der Waals surface area (Å²) >= 11 is 0. The number of rotatable bonds is 9. The number of carbonyl (C=O) groups is 1. The number of carbonyl (C=O) groups excluding carboxylic acids is 1. The van der Waals surface area contributed by atoms with Gasteiger partial charge in [0, 0.05) is 20.6 Å². The third-order valence-electron chi connectivity index (χ3n) is 2.96. The number of benzene rings is 1. The van der Waals surface area contributed by atoms with Crippen molar-refractivity contribution in [2.24, 2.45) is 0 Å². The average molecular weight is 340 g/mol. The predicted molar refractivity (Wildman–Crippen MR) is 84.8 cm³/mol. The van der Waals surface area contributed by atoms with E-state index in [1.54, 1.807) is 18.2 Å². The molecule has 0 aliphatic rings. The lowest BCUT2D eigenvalue weighted by atomic mass is 10.2. The molecule has 1 atom stereocenters. The molecule has 0 saturated heterocycles. The first-order valence-electron chi connectivity index (χ1n) is 6.78. The van der Waals surface area contributed by atoms with Crippen molar-refractivity contribution < 1.29 is 22.7 Å². The van der Waals surface area contributed by atoms with E-state index in [1.165, 1.54) is 26.4 Å². The molecular formula is C15H20N2O5S. The van der Waals surface area contributed by atoms with Crippen molar-refractivity contribution in [2.45, 2.75) is 23.6 Å². The highest BCUT2D eigenvalue weighted by Gasteiger charge is 2.25. The summed E-state index contributed by atoms with van der Waals surface area (Å²) in [6.07, 6.45) is 4.51. The van der Waals surface area contributed by atoms with Crippen LogP contribution in [0.3, 0.4) is 0 Å². The van der Waals surface area contributed by atoms with E-state index in [-0.39, 0.29) is 17.9 Å². The fourth-order valence-electron chi connectivity index (χ4n) is 1.73. The van der Waals surface area contributed by atoms with E-state index >= 15 is 0 Å². The first-order chi connectivity index (χ1) is 10.9. The molecule has 7 nitrogen and oxygen atoms in total. The fourth-order valence-corrected chi connectivity index (χ4v) is 2.95. The highest BCUT2D eigenvalue weighted by molar-refractivity contribution is 7.89. The lowest BCUT2D eigenvalue weighted by Gasteiger charge is -2.19. The summed E-state index contributed by atoms with van der Waals surface area (Å²) in [5, 5.41) is 2.53. The van der Waals surface area contributed by atoms with Crippen LogP contribution in [-0.4, -0.2) is 47.4 Å². The summed E-state index contributed by atoms with van der Waals surface area (Å²) in [4.78, 5) is 12.2. The van der Waals surface area contributed by atoms with Gasteiger partial charge in [0.25, 0.3) is 0 Å². The number of sulfonamides is 1. The molecule has 0 aliphatic carbocycles. The molecule has 126 valence electrons. The summed E-state index contributed by atoms with van der Waals surface area (Å²) in [6.45, 7) is 0.0694. The molecule has 2 N–H and O–H groups in total.